The Bertz CT molecular complexity index is 1360. The second-order valence-electron chi connectivity index (χ2n) is 8.07. The average molecular weight is 516 g/mol. The van der Waals surface area contributed by atoms with Crippen molar-refractivity contribution in [2.24, 2.45) is 12.8 Å². The molecule has 0 fully saturated rings. The highest BCUT2D eigenvalue weighted by molar-refractivity contribution is 5.85. The average Bonchev–Trinajstić information content (AvgIpc) is 2.87. The van der Waals surface area contributed by atoms with Gasteiger partial charge in [-0.05, 0) is 41.8 Å². The maximum absolute atomic E-state index is 13.4. The highest BCUT2D eigenvalue weighted by atomic mass is 35.5. The molecule has 0 saturated heterocycles. The smallest absolute Gasteiger partial charge is 0.355 e. The molecule has 188 valence electrons. The number of halogens is 4. The summed E-state index contributed by atoms with van der Waals surface area (Å²) in [5.74, 6) is 0.290. The van der Waals surface area contributed by atoms with Gasteiger partial charge in [-0.1, -0.05) is 42.5 Å². The normalized spacial score (nSPS) is 12.0. The van der Waals surface area contributed by atoms with Gasteiger partial charge in [0.1, 0.15) is 0 Å². The van der Waals surface area contributed by atoms with Crippen LogP contribution in [0.5, 0.6) is 0 Å². The van der Waals surface area contributed by atoms with E-state index in [0.29, 0.717) is 18.5 Å². The molecule has 0 spiro atoms. The van der Waals surface area contributed by atoms with E-state index < -0.39 is 17.3 Å². The number of nitrogens with zero attached hydrogens (tertiary/aromatic N) is 3. The fourth-order valence-corrected chi connectivity index (χ4v) is 3.80. The van der Waals surface area contributed by atoms with Crippen molar-refractivity contribution < 1.29 is 13.2 Å². The Labute approximate surface area is 212 Å². The van der Waals surface area contributed by atoms with Crippen LogP contribution in [0.25, 0.3) is 22.4 Å². The van der Waals surface area contributed by atoms with Crippen LogP contribution in [-0.4, -0.2) is 21.1 Å². The van der Waals surface area contributed by atoms with E-state index in [0.717, 1.165) is 17.7 Å². The largest absolute Gasteiger partial charge is 0.416 e. The van der Waals surface area contributed by atoms with Crippen molar-refractivity contribution in [1.82, 2.24) is 14.5 Å². The first kappa shape index (κ1) is 26.9. The molecule has 2 aromatic carbocycles. The zero-order valence-corrected chi connectivity index (χ0v) is 20.2. The van der Waals surface area contributed by atoms with Crippen molar-refractivity contribution in [3.8, 4) is 22.4 Å². The summed E-state index contributed by atoms with van der Waals surface area (Å²) in [6, 6.07) is 17.5. The van der Waals surface area contributed by atoms with E-state index in [9.17, 15) is 18.0 Å². The molecule has 1 atom stereocenters. The van der Waals surface area contributed by atoms with Gasteiger partial charge >= 0.3 is 6.18 Å². The lowest BCUT2D eigenvalue weighted by Gasteiger charge is -2.18. The number of benzene rings is 2. The summed E-state index contributed by atoms with van der Waals surface area (Å²) in [5, 5.41) is 3.16. The molecule has 3 N–H and O–H groups in total. The fourth-order valence-electron chi connectivity index (χ4n) is 3.80. The van der Waals surface area contributed by atoms with Crippen molar-refractivity contribution in [1.29, 1.82) is 0 Å². The maximum atomic E-state index is 13.4. The van der Waals surface area contributed by atoms with E-state index in [2.05, 4.69) is 15.3 Å². The molecule has 2 aromatic heterocycles. The van der Waals surface area contributed by atoms with Crippen LogP contribution >= 0.6 is 12.4 Å². The highest BCUT2D eigenvalue weighted by Crippen LogP contribution is 2.34. The zero-order valence-electron chi connectivity index (χ0n) is 19.4. The van der Waals surface area contributed by atoms with Gasteiger partial charge in [-0.3, -0.25) is 14.3 Å². The highest BCUT2D eigenvalue weighted by Gasteiger charge is 2.31. The number of nitrogens with two attached hydrogens (primary N) is 1. The Morgan fingerprint density at radius 2 is 1.69 bits per heavy atom. The molecule has 0 radical (unpaired) electrons. The van der Waals surface area contributed by atoms with Crippen LogP contribution in [0, 0.1) is 0 Å². The van der Waals surface area contributed by atoms with Crippen molar-refractivity contribution in [2.75, 3.05) is 11.9 Å². The summed E-state index contributed by atoms with van der Waals surface area (Å²) >= 11 is 0. The standard InChI is InChI=1S/C26H24F3N5O.ClH/c1-34-24(35)22(19-8-5-9-20(16-19)26(27,28)29)23(18-10-13-31-14-11-18)33-25(34)32-15-12-21(30)17-6-3-2-4-7-17;/h2-11,13-14,16,21H,12,15,30H2,1H3,(H,32,33);1H/t21-;/m1./s1. The minimum atomic E-state index is -4.54. The minimum Gasteiger partial charge on any atom is -0.355 e. The van der Waals surface area contributed by atoms with Crippen LogP contribution in [0.1, 0.15) is 23.6 Å². The van der Waals surface area contributed by atoms with Gasteiger partial charge in [0.05, 0.1) is 16.8 Å². The summed E-state index contributed by atoms with van der Waals surface area (Å²) in [7, 11) is 1.53. The third-order valence-electron chi connectivity index (χ3n) is 5.69. The number of rotatable bonds is 7. The SMILES string of the molecule is Cl.Cn1c(NCC[C@@H](N)c2ccccc2)nc(-c2ccncc2)c(-c2cccc(C(F)(F)F)c2)c1=O. The van der Waals surface area contributed by atoms with Gasteiger partial charge in [-0.2, -0.15) is 13.2 Å². The van der Waals surface area contributed by atoms with Gasteiger partial charge in [0.15, 0.2) is 0 Å². The van der Waals surface area contributed by atoms with E-state index in [1.165, 1.54) is 36.1 Å². The number of pyridine rings is 1. The summed E-state index contributed by atoms with van der Waals surface area (Å²) < 4.78 is 41.4. The Balaban J connectivity index is 0.00000361. The Morgan fingerprint density at radius 3 is 2.36 bits per heavy atom. The van der Waals surface area contributed by atoms with E-state index in [4.69, 9.17) is 5.73 Å². The first-order valence-corrected chi connectivity index (χ1v) is 11.0. The first-order valence-electron chi connectivity index (χ1n) is 11.0. The number of nitrogens with one attached hydrogen (secondary N) is 1. The number of anilines is 1. The van der Waals surface area contributed by atoms with Crippen LogP contribution < -0.4 is 16.6 Å². The topological polar surface area (TPSA) is 85.8 Å². The van der Waals surface area contributed by atoms with Crippen LogP contribution in [0.15, 0.2) is 83.9 Å². The number of aromatic nitrogens is 3. The van der Waals surface area contributed by atoms with E-state index in [-0.39, 0.29) is 41.2 Å². The lowest BCUT2D eigenvalue weighted by molar-refractivity contribution is -0.137. The van der Waals surface area contributed by atoms with Crippen molar-refractivity contribution in [3.05, 3.63) is 101 Å². The number of hydrogen-bond acceptors (Lipinski definition) is 5. The zero-order chi connectivity index (χ0) is 25.0. The molecule has 0 aliphatic heterocycles. The summed E-state index contributed by atoms with van der Waals surface area (Å²) in [5.41, 5.74) is 7.00. The Morgan fingerprint density at radius 1 is 1.00 bits per heavy atom. The summed E-state index contributed by atoms with van der Waals surface area (Å²) in [4.78, 5) is 22.1. The molecular weight excluding hydrogens is 491 g/mol. The van der Waals surface area contributed by atoms with Crippen LogP contribution in [0.3, 0.4) is 0 Å². The fraction of sp³-hybridized carbons (Fsp3) is 0.192. The lowest BCUT2D eigenvalue weighted by Crippen LogP contribution is -2.26. The van der Waals surface area contributed by atoms with E-state index in [1.54, 1.807) is 12.1 Å². The minimum absolute atomic E-state index is 0. The van der Waals surface area contributed by atoms with Crippen LogP contribution in [0.4, 0.5) is 19.1 Å². The molecule has 0 amide bonds. The van der Waals surface area contributed by atoms with Crippen LogP contribution in [0.2, 0.25) is 0 Å². The van der Waals surface area contributed by atoms with Crippen LogP contribution in [-0.2, 0) is 13.2 Å². The predicted molar refractivity (Wildman–Crippen MR) is 137 cm³/mol. The third-order valence-corrected chi connectivity index (χ3v) is 5.69. The maximum Gasteiger partial charge on any atom is 0.416 e. The molecule has 2 heterocycles. The van der Waals surface area contributed by atoms with E-state index >= 15 is 0 Å². The Hall–Kier alpha value is -3.69. The second-order valence-corrected chi connectivity index (χ2v) is 8.07. The number of alkyl halides is 3. The molecule has 0 aliphatic carbocycles. The monoisotopic (exact) mass is 515 g/mol. The molecular formula is C26H25ClF3N5O. The van der Waals surface area contributed by atoms with Gasteiger partial charge in [0.25, 0.3) is 5.56 Å². The van der Waals surface area contributed by atoms with Crippen molar-refractivity contribution in [2.45, 2.75) is 18.6 Å². The van der Waals surface area contributed by atoms with Gasteiger partial charge in [-0.15, -0.1) is 12.4 Å². The predicted octanol–water partition coefficient (Wildman–Crippen LogP) is 5.45. The van der Waals surface area contributed by atoms with Gasteiger partial charge in [-0.25, -0.2) is 4.98 Å². The molecule has 0 bridgehead atoms. The molecule has 36 heavy (non-hydrogen) atoms. The van der Waals surface area contributed by atoms with Gasteiger partial charge in [0.2, 0.25) is 5.95 Å². The number of hydrogen-bond donors (Lipinski definition) is 2. The third kappa shape index (κ3) is 5.92. The molecule has 4 rings (SSSR count). The molecule has 0 unspecified atom stereocenters. The molecule has 0 saturated carbocycles. The lowest BCUT2D eigenvalue weighted by atomic mass is 9.99. The quantitative estimate of drug-likeness (QED) is 0.342. The van der Waals surface area contributed by atoms with Crippen molar-refractivity contribution >= 4 is 18.4 Å². The van der Waals surface area contributed by atoms with Crippen molar-refractivity contribution in [3.63, 3.8) is 0 Å². The summed E-state index contributed by atoms with van der Waals surface area (Å²) in [6.07, 6.45) is -0.878. The Kier molecular flexibility index (Phi) is 8.49. The van der Waals surface area contributed by atoms with Gasteiger partial charge < -0.3 is 11.1 Å². The summed E-state index contributed by atoms with van der Waals surface area (Å²) in [6.45, 7) is 0.440. The molecule has 0 aliphatic rings. The first-order chi connectivity index (χ1) is 16.8. The second kappa shape index (κ2) is 11.4. The molecule has 4 aromatic rings. The molecule has 10 heteroatoms. The van der Waals surface area contributed by atoms with E-state index in [1.807, 2.05) is 30.3 Å². The molecule has 6 nitrogen and oxygen atoms in total. The van der Waals surface area contributed by atoms with Gasteiger partial charge in [0, 0.05) is 37.6 Å².